The van der Waals surface area contributed by atoms with E-state index in [0.717, 1.165) is 16.9 Å². The second-order valence-corrected chi connectivity index (χ2v) is 3.74. The minimum atomic E-state index is -0.439. The monoisotopic (exact) mass is 244 g/mol. The van der Waals surface area contributed by atoms with Crippen LogP contribution in [-0.4, -0.2) is 10.0 Å². The van der Waals surface area contributed by atoms with Gasteiger partial charge in [-0.1, -0.05) is 18.2 Å². The van der Waals surface area contributed by atoms with Crippen LogP contribution < -0.4 is 5.32 Å². The molecule has 0 saturated heterocycles. The van der Waals surface area contributed by atoms with Crippen molar-refractivity contribution in [1.82, 2.24) is 0 Å². The van der Waals surface area contributed by atoms with Gasteiger partial charge in [-0.15, -0.1) is 0 Å². The number of nitro groups is 1. The lowest BCUT2D eigenvalue weighted by Crippen LogP contribution is -1.96. The molecule has 0 heterocycles. The molecule has 0 spiro atoms. The van der Waals surface area contributed by atoms with E-state index in [1.807, 2.05) is 24.3 Å². The Bertz CT molecular complexity index is 552. The maximum Gasteiger partial charge on any atom is 0.269 e. The highest BCUT2D eigenvalue weighted by molar-refractivity contribution is 5.63. The molecule has 0 fully saturated rings. The number of aliphatic hydroxyl groups excluding tert-OH is 1. The summed E-state index contributed by atoms with van der Waals surface area (Å²) in [4.78, 5) is 10.1. The van der Waals surface area contributed by atoms with Crippen molar-refractivity contribution in [3.63, 3.8) is 0 Å². The molecule has 2 N–H and O–H groups in total. The molecule has 0 radical (unpaired) electrons. The minimum Gasteiger partial charge on any atom is -0.392 e. The molecule has 5 heteroatoms. The summed E-state index contributed by atoms with van der Waals surface area (Å²) in [6.07, 6.45) is 0. The lowest BCUT2D eigenvalue weighted by atomic mass is 10.2. The van der Waals surface area contributed by atoms with E-state index in [1.54, 1.807) is 12.1 Å². The first-order valence-electron chi connectivity index (χ1n) is 5.41. The summed E-state index contributed by atoms with van der Waals surface area (Å²) in [5, 5.41) is 22.8. The Morgan fingerprint density at radius 2 is 1.78 bits per heavy atom. The standard InChI is InChI=1S/C13H12N2O3/c16-9-10-3-1-2-4-13(10)14-11-5-7-12(8-6-11)15(17)18/h1-8,14,16H,9H2. The fourth-order valence-corrected chi connectivity index (χ4v) is 1.60. The van der Waals surface area contributed by atoms with Crippen molar-refractivity contribution in [3.8, 4) is 0 Å². The molecular weight excluding hydrogens is 232 g/mol. The predicted molar refractivity (Wildman–Crippen MR) is 68.7 cm³/mol. The van der Waals surface area contributed by atoms with E-state index in [4.69, 9.17) is 0 Å². The van der Waals surface area contributed by atoms with E-state index in [0.29, 0.717) is 0 Å². The highest BCUT2D eigenvalue weighted by atomic mass is 16.6. The van der Waals surface area contributed by atoms with Crippen molar-refractivity contribution in [1.29, 1.82) is 0 Å². The Labute approximate surface area is 104 Å². The van der Waals surface area contributed by atoms with Gasteiger partial charge in [-0.3, -0.25) is 10.1 Å². The third-order valence-electron chi connectivity index (χ3n) is 2.54. The molecule has 0 bridgehead atoms. The van der Waals surface area contributed by atoms with Gasteiger partial charge in [0.05, 0.1) is 11.5 Å². The SMILES string of the molecule is O=[N+]([O-])c1ccc(Nc2ccccc2CO)cc1. The summed E-state index contributed by atoms with van der Waals surface area (Å²) in [7, 11) is 0. The quantitative estimate of drug-likeness (QED) is 0.640. The molecule has 0 saturated carbocycles. The Morgan fingerprint density at radius 3 is 2.39 bits per heavy atom. The second kappa shape index (κ2) is 5.29. The van der Waals surface area contributed by atoms with Gasteiger partial charge in [0, 0.05) is 29.1 Å². The number of nitrogens with one attached hydrogen (secondary N) is 1. The number of anilines is 2. The maximum absolute atomic E-state index is 10.5. The Balaban J connectivity index is 2.21. The summed E-state index contributed by atoms with van der Waals surface area (Å²) in [5.74, 6) is 0. The van der Waals surface area contributed by atoms with Crippen molar-refractivity contribution in [2.24, 2.45) is 0 Å². The lowest BCUT2D eigenvalue weighted by molar-refractivity contribution is -0.384. The molecular formula is C13H12N2O3. The molecule has 0 aliphatic carbocycles. The fourth-order valence-electron chi connectivity index (χ4n) is 1.60. The summed E-state index contributed by atoms with van der Waals surface area (Å²) in [6.45, 7) is -0.0594. The van der Waals surface area contributed by atoms with E-state index in [9.17, 15) is 15.2 Å². The summed E-state index contributed by atoms with van der Waals surface area (Å²) < 4.78 is 0. The Morgan fingerprint density at radius 1 is 1.11 bits per heavy atom. The zero-order valence-corrected chi connectivity index (χ0v) is 9.54. The average molecular weight is 244 g/mol. The number of non-ortho nitro benzene ring substituents is 1. The third kappa shape index (κ3) is 2.64. The van der Waals surface area contributed by atoms with Crippen LogP contribution in [0.1, 0.15) is 5.56 Å². The smallest absolute Gasteiger partial charge is 0.269 e. The van der Waals surface area contributed by atoms with Crippen LogP contribution in [0, 0.1) is 10.1 Å². The number of rotatable bonds is 4. The van der Waals surface area contributed by atoms with Gasteiger partial charge in [0.25, 0.3) is 5.69 Å². The van der Waals surface area contributed by atoms with Crippen LogP contribution in [0.4, 0.5) is 17.1 Å². The van der Waals surface area contributed by atoms with Crippen LogP contribution in [0.15, 0.2) is 48.5 Å². The van der Waals surface area contributed by atoms with Crippen LogP contribution in [-0.2, 0) is 6.61 Å². The van der Waals surface area contributed by atoms with E-state index >= 15 is 0 Å². The minimum absolute atomic E-state index is 0.0518. The molecule has 0 amide bonds. The van der Waals surface area contributed by atoms with Crippen molar-refractivity contribution >= 4 is 17.1 Å². The number of benzene rings is 2. The van der Waals surface area contributed by atoms with Crippen LogP contribution >= 0.6 is 0 Å². The molecule has 0 unspecified atom stereocenters. The third-order valence-corrected chi connectivity index (χ3v) is 2.54. The molecule has 0 aliphatic heterocycles. The fraction of sp³-hybridized carbons (Fsp3) is 0.0769. The molecule has 2 rings (SSSR count). The predicted octanol–water partition coefficient (Wildman–Crippen LogP) is 2.83. The van der Waals surface area contributed by atoms with Crippen LogP contribution in [0.3, 0.4) is 0 Å². The van der Waals surface area contributed by atoms with Crippen molar-refractivity contribution in [2.75, 3.05) is 5.32 Å². The highest BCUT2D eigenvalue weighted by Crippen LogP contribution is 2.22. The van der Waals surface area contributed by atoms with Gasteiger partial charge in [0.15, 0.2) is 0 Å². The van der Waals surface area contributed by atoms with Gasteiger partial charge in [0.2, 0.25) is 0 Å². The molecule has 5 nitrogen and oxygen atoms in total. The number of aliphatic hydroxyl groups is 1. The van der Waals surface area contributed by atoms with Gasteiger partial charge in [-0.05, 0) is 18.2 Å². The van der Waals surface area contributed by atoms with Gasteiger partial charge in [0.1, 0.15) is 0 Å². The van der Waals surface area contributed by atoms with Crippen LogP contribution in [0.2, 0.25) is 0 Å². The molecule has 0 aliphatic rings. The summed E-state index contributed by atoms with van der Waals surface area (Å²) >= 11 is 0. The van der Waals surface area contributed by atoms with Crippen molar-refractivity contribution < 1.29 is 10.0 Å². The largest absolute Gasteiger partial charge is 0.392 e. The molecule has 18 heavy (non-hydrogen) atoms. The molecule has 0 aromatic heterocycles. The van der Waals surface area contributed by atoms with Gasteiger partial charge in [-0.2, -0.15) is 0 Å². The normalized spacial score (nSPS) is 10.1. The molecule has 2 aromatic carbocycles. The number of hydrogen-bond donors (Lipinski definition) is 2. The van der Waals surface area contributed by atoms with Gasteiger partial charge < -0.3 is 10.4 Å². The van der Waals surface area contributed by atoms with E-state index in [2.05, 4.69) is 5.32 Å². The second-order valence-electron chi connectivity index (χ2n) is 3.74. The van der Waals surface area contributed by atoms with Gasteiger partial charge >= 0.3 is 0 Å². The average Bonchev–Trinajstić information content (AvgIpc) is 2.40. The first-order chi connectivity index (χ1) is 8.70. The Hall–Kier alpha value is -2.40. The van der Waals surface area contributed by atoms with Gasteiger partial charge in [-0.25, -0.2) is 0 Å². The number of nitro benzene ring substituents is 1. The first-order valence-corrected chi connectivity index (χ1v) is 5.41. The van der Waals surface area contributed by atoms with E-state index in [-0.39, 0.29) is 12.3 Å². The molecule has 92 valence electrons. The number of nitrogens with zero attached hydrogens (tertiary/aromatic N) is 1. The Kier molecular flexibility index (Phi) is 3.54. The first kappa shape index (κ1) is 12.1. The topological polar surface area (TPSA) is 75.4 Å². The van der Waals surface area contributed by atoms with Crippen molar-refractivity contribution in [2.45, 2.75) is 6.61 Å². The van der Waals surface area contributed by atoms with E-state index < -0.39 is 4.92 Å². The number of hydrogen-bond acceptors (Lipinski definition) is 4. The number of para-hydroxylation sites is 1. The van der Waals surface area contributed by atoms with Crippen LogP contribution in [0.25, 0.3) is 0 Å². The lowest BCUT2D eigenvalue weighted by Gasteiger charge is -2.10. The highest BCUT2D eigenvalue weighted by Gasteiger charge is 2.05. The van der Waals surface area contributed by atoms with Crippen LogP contribution in [0.5, 0.6) is 0 Å². The molecule has 2 aromatic rings. The zero-order valence-electron chi connectivity index (χ0n) is 9.54. The maximum atomic E-state index is 10.5. The summed E-state index contributed by atoms with van der Waals surface area (Å²) in [5.41, 5.74) is 2.35. The van der Waals surface area contributed by atoms with Crippen molar-refractivity contribution in [3.05, 3.63) is 64.2 Å². The summed E-state index contributed by atoms with van der Waals surface area (Å²) in [6, 6.07) is 13.5. The molecule has 0 atom stereocenters. The zero-order chi connectivity index (χ0) is 13.0. The van der Waals surface area contributed by atoms with E-state index in [1.165, 1.54) is 12.1 Å².